The van der Waals surface area contributed by atoms with Crippen molar-refractivity contribution in [2.75, 3.05) is 72.4 Å². The van der Waals surface area contributed by atoms with Crippen molar-refractivity contribution in [3.63, 3.8) is 0 Å². The Morgan fingerprint density at radius 1 is 0.412 bits per heavy atom. The van der Waals surface area contributed by atoms with Gasteiger partial charge in [-0.15, -0.1) is 0 Å². The molecule has 2 atom stereocenters. The van der Waals surface area contributed by atoms with Gasteiger partial charge in [-0.2, -0.15) is 0 Å². The standard InChI is InChI=1S/C14H23NO4.C13H24N2O3.C12H20O2.2C10H16O3.C9H19O3P.C9H16O3/c1-10(2)14(18)19-9-5-7-13(17)15-8-4-6-12(15)11(3)16;1-11(2)13(17)18-10-4-5-12(16)15-8-6-14(3)7-9-15;1-8(2)12(14)11-6-4-10(5-7-11)9(3)13;2*1-6(2)10(12)13-9-4-8(5-9)7(3)11;1-8(2)9(10)6-4-5-7-13(3,11)12;1-7(2)9(11)12-6-4-5-8(3)10/h10,12H,4-9H2,1-3H3;11H,4-10H2,1-3H3;8,10-11H,4-7H2,1-3H3;2*6,8-9H,4-5H2,1-3H3;8H,4-7H2,1-3H3,(H,11,12);7H,4-6H2,1-3H3/t12-;;;;;;/m0....../s1. The van der Waals surface area contributed by atoms with Crippen LogP contribution in [0, 0.1) is 65.1 Å². The van der Waals surface area contributed by atoms with E-state index in [0.717, 1.165) is 71.1 Å². The lowest BCUT2D eigenvalue weighted by Gasteiger charge is -2.33. The van der Waals surface area contributed by atoms with Gasteiger partial charge in [-0.3, -0.25) is 66.9 Å². The number of likely N-dealkylation sites (tertiary alicyclic amines) is 1. The number of rotatable bonds is 31. The lowest BCUT2D eigenvalue weighted by molar-refractivity contribution is -0.162. The summed E-state index contributed by atoms with van der Waals surface area (Å²) >= 11 is 0. The summed E-state index contributed by atoms with van der Waals surface area (Å²) in [6, 6.07) is -0.245. The summed E-state index contributed by atoms with van der Waals surface area (Å²) in [5, 5.41) is 0. The number of likely N-dealkylation sites (N-methyl/N-ethyl adjacent to an activating group) is 1. The highest BCUT2D eigenvalue weighted by Crippen LogP contribution is 2.37. The molecular weight excluding hydrogens is 1330 g/mol. The molecule has 2 aliphatic heterocycles. The average Bonchev–Trinajstić information content (AvgIpc) is 0.896. The van der Waals surface area contributed by atoms with Crippen LogP contribution in [0.3, 0.4) is 0 Å². The van der Waals surface area contributed by atoms with E-state index in [0.29, 0.717) is 115 Å². The van der Waals surface area contributed by atoms with E-state index in [1.165, 1.54) is 20.5 Å². The first-order valence-electron chi connectivity index (χ1n) is 37.4. The number of Topliss-reactive ketones (excluding diaryl/α,β-unsaturated/α-hetero) is 7. The zero-order valence-electron chi connectivity index (χ0n) is 66.3. The number of carbonyl (C=O) groups is 14. The fourth-order valence-electron chi connectivity index (χ4n) is 10.5. The van der Waals surface area contributed by atoms with Gasteiger partial charge in [0.25, 0.3) is 0 Å². The number of ketones is 7. The second-order valence-electron chi connectivity index (χ2n) is 30.1. The number of ether oxygens (including phenoxy) is 5. The molecule has 1 unspecified atom stereocenters. The van der Waals surface area contributed by atoms with Gasteiger partial charge in [-0.05, 0) is 138 Å². The van der Waals surface area contributed by atoms with Crippen LogP contribution in [0.25, 0.3) is 0 Å². The van der Waals surface area contributed by atoms with Crippen LogP contribution in [-0.4, -0.2) is 192 Å². The summed E-state index contributed by atoms with van der Waals surface area (Å²) in [4.78, 5) is 172. The molecular formula is C77H134N3O21P. The number of amides is 2. The first-order valence-corrected chi connectivity index (χ1v) is 39.7. The van der Waals surface area contributed by atoms with Crippen molar-refractivity contribution >= 4 is 89.5 Å². The highest BCUT2D eigenvalue weighted by molar-refractivity contribution is 7.57. The molecule has 5 fully saturated rings. The van der Waals surface area contributed by atoms with Gasteiger partial charge in [0.15, 0.2) is 13.2 Å². The minimum Gasteiger partial charge on any atom is -0.465 e. The van der Waals surface area contributed by atoms with Crippen LogP contribution < -0.4 is 0 Å². The molecule has 3 saturated carbocycles. The summed E-state index contributed by atoms with van der Waals surface area (Å²) in [7, 11) is -0.798. The van der Waals surface area contributed by atoms with E-state index >= 15 is 0 Å². The lowest BCUT2D eigenvalue weighted by atomic mass is 9.77. The quantitative estimate of drug-likeness (QED) is 0.0292. The molecule has 25 heteroatoms. The Morgan fingerprint density at radius 3 is 1.12 bits per heavy atom. The molecule has 2 saturated heterocycles. The normalized spacial score (nSPS) is 20.3. The topological polar surface area (TPSA) is 332 Å². The first kappa shape index (κ1) is 98.2. The minimum atomic E-state index is -2.86. The van der Waals surface area contributed by atoms with Gasteiger partial charge in [0.05, 0.1) is 55.5 Å². The Bertz CT molecular complexity index is 2600. The van der Waals surface area contributed by atoms with Crippen molar-refractivity contribution < 1.29 is 100 Å². The fraction of sp³-hybridized carbons (Fsp3) is 0.818. The molecule has 0 spiro atoms. The molecule has 0 radical (unpaired) electrons. The van der Waals surface area contributed by atoms with Crippen LogP contribution >= 0.6 is 7.37 Å². The Hall–Kier alpha value is -5.87. The Morgan fingerprint density at radius 2 is 0.784 bits per heavy atom. The second-order valence-corrected chi connectivity index (χ2v) is 32.6. The Balaban J connectivity index is 0. The Kier molecular flexibility index (Phi) is 51.0. The number of hydrogen-bond donors (Lipinski definition) is 1. The minimum absolute atomic E-state index is 0.0104. The summed E-state index contributed by atoms with van der Waals surface area (Å²) in [6.45, 7) is 40.0. The molecule has 0 aromatic heterocycles. The lowest BCUT2D eigenvalue weighted by Crippen LogP contribution is -2.47. The van der Waals surface area contributed by atoms with Crippen molar-refractivity contribution in [2.45, 2.75) is 272 Å². The summed E-state index contributed by atoms with van der Waals surface area (Å²) in [5.74, 6) is 1.20. The number of nitrogens with zero attached hydrogens (tertiary/aromatic N) is 3. The highest BCUT2D eigenvalue weighted by Gasteiger charge is 2.37. The third kappa shape index (κ3) is 46.1. The number of hydrogen-bond acceptors (Lipinski definition) is 21. The van der Waals surface area contributed by atoms with Crippen molar-refractivity contribution in [1.82, 2.24) is 14.7 Å². The predicted octanol–water partition coefficient (Wildman–Crippen LogP) is 11.8. The average molecular weight is 1470 g/mol. The van der Waals surface area contributed by atoms with E-state index in [-0.39, 0.29) is 161 Å². The fourth-order valence-corrected chi connectivity index (χ4v) is 11.3. The van der Waals surface area contributed by atoms with Crippen molar-refractivity contribution in [3.05, 3.63) is 0 Å². The van der Waals surface area contributed by atoms with Gasteiger partial charge in [-0.1, -0.05) is 96.9 Å². The van der Waals surface area contributed by atoms with Crippen LogP contribution in [0.5, 0.6) is 0 Å². The van der Waals surface area contributed by atoms with Crippen LogP contribution in [0.1, 0.15) is 254 Å². The van der Waals surface area contributed by atoms with E-state index in [9.17, 15) is 71.7 Å². The molecule has 0 bridgehead atoms. The number of piperazine rings is 1. The largest absolute Gasteiger partial charge is 0.465 e. The third-order valence-corrected chi connectivity index (χ3v) is 18.9. The predicted molar refractivity (Wildman–Crippen MR) is 392 cm³/mol. The van der Waals surface area contributed by atoms with Crippen LogP contribution in [0.4, 0.5) is 0 Å². The molecule has 3 aliphatic carbocycles. The summed E-state index contributed by atoms with van der Waals surface area (Å²) in [6.07, 6.45) is 13.5. The van der Waals surface area contributed by atoms with Crippen molar-refractivity contribution in [1.29, 1.82) is 0 Å². The van der Waals surface area contributed by atoms with Crippen molar-refractivity contribution in [3.8, 4) is 0 Å². The highest BCUT2D eigenvalue weighted by atomic mass is 31.2. The van der Waals surface area contributed by atoms with Crippen LogP contribution in [0.15, 0.2) is 0 Å². The molecule has 0 aromatic carbocycles. The van der Waals surface area contributed by atoms with Crippen molar-refractivity contribution in [2.24, 2.45) is 65.1 Å². The molecule has 24 nitrogen and oxygen atoms in total. The van der Waals surface area contributed by atoms with Crippen LogP contribution in [-0.2, 0) is 95.4 Å². The van der Waals surface area contributed by atoms with E-state index in [4.69, 9.17) is 28.6 Å². The van der Waals surface area contributed by atoms with E-state index in [2.05, 4.69) is 11.9 Å². The van der Waals surface area contributed by atoms with E-state index < -0.39 is 7.37 Å². The molecule has 102 heavy (non-hydrogen) atoms. The maximum atomic E-state index is 12.0. The maximum Gasteiger partial charge on any atom is 0.308 e. The van der Waals surface area contributed by atoms with Crippen LogP contribution in [0.2, 0.25) is 0 Å². The first-order chi connectivity index (χ1) is 47.3. The zero-order valence-corrected chi connectivity index (χ0v) is 67.2. The molecule has 2 heterocycles. The Labute approximate surface area is 611 Å². The number of unbranched alkanes of at least 4 members (excludes halogenated alkanes) is 1. The van der Waals surface area contributed by atoms with E-state index in [1.54, 1.807) is 67.2 Å². The van der Waals surface area contributed by atoms with Gasteiger partial charge >= 0.3 is 29.8 Å². The number of esters is 5. The third-order valence-electron chi connectivity index (χ3n) is 17.8. The summed E-state index contributed by atoms with van der Waals surface area (Å²) in [5.41, 5.74) is 0. The van der Waals surface area contributed by atoms with Gasteiger partial charge in [0, 0.05) is 107 Å². The van der Waals surface area contributed by atoms with Gasteiger partial charge in [0.2, 0.25) is 11.8 Å². The van der Waals surface area contributed by atoms with Gasteiger partial charge < -0.3 is 48.1 Å². The molecule has 5 aliphatic rings. The summed E-state index contributed by atoms with van der Waals surface area (Å²) < 4.78 is 36.1. The number of carbonyl (C=O) groups excluding carboxylic acids is 14. The molecule has 0 aromatic rings. The zero-order chi connectivity index (χ0) is 78.7. The molecule has 2 amide bonds. The molecule has 1 N–H and O–H groups in total. The monoisotopic (exact) mass is 1470 g/mol. The molecule has 5 rings (SSSR count). The van der Waals surface area contributed by atoms with E-state index in [1.807, 2.05) is 60.3 Å². The van der Waals surface area contributed by atoms with Gasteiger partial charge in [-0.25, -0.2) is 0 Å². The van der Waals surface area contributed by atoms with Gasteiger partial charge in [0.1, 0.15) is 46.9 Å². The molecule has 588 valence electrons. The SMILES string of the molecule is CC(=O)C1CC(OC(=O)C(C)C)C1.CC(=O)C1CC(OC(=O)C(C)C)C1.CC(=O)C1CCC(C(=O)C(C)C)CC1.CC(=O)CCCOC(=O)C(C)C.CC(=O)[C@@H]1CCCN1C(=O)CCCOC(=O)C(C)C.CC(C)C(=O)CCCCP(C)(=O)O.CC(C)C(=O)OCCCC(=O)N1CCN(C)CC1. The smallest absolute Gasteiger partial charge is 0.308 e. The maximum absolute atomic E-state index is 12.0. The second kappa shape index (κ2) is 53.0.